The second-order valence-electron chi connectivity index (χ2n) is 5.09. The number of aryl methyl sites for hydroxylation is 2. The Labute approximate surface area is 133 Å². The van der Waals surface area contributed by atoms with Crippen LogP contribution in [0.2, 0.25) is 5.02 Å². The van der Waals surface area contributed by atoms with Gasteiger partial charge in [-0.15, -0.1) is 10.2 Å². The zero-order valence-corrected chi connectivity index (χ0v) is 13.1. The normalized spacial score (nSPS) is 10.7. The summed E-state index contributed by atoms with van der Waals surface area (Å²) < 4.78 is 11.3. The molecule has 0 saturated heterocycles. The van der Waals surface area contributed by atoms with Gasteiger partial charge in [0.15, 0.2) is 6.61 Å². The van der Waals surface area contributed by atoms with Crippen molar-refractivity contribution in [1.82, 2.24) is 10.2 Å². The molecule has 0 aliphatic carbocycles. The standard InChI is InChI=1S/C17H15ClN2O2/c1-11-3-6-13(7-4-11)17-20-19-16(22-17)10-21-15-9-12(2)5-8-14(15)18/h3-9H,10H2,1-2H3. The van der Waals surface area contributed by atoms with E-state index in [9.17, 15) is 0 Å². The lowest BCUT2D eigenvalue weighted by Gasteiger charge is -2.06. The lowest BCUT2D eigenvalue weighted by atomic mass is 10.1. The number of hydrogen-bond donors (Lipinski definition) is 0. The molecule has 0 spiro atoms. The Balaban J connectivity index is 1.72. The number of halogens is 1. The van der Waals surface area contributed by atoms with Crippen molar-refractivity contribution in [2.75, 3.05) is 0 Å². The molecule has 1 heterocycles. The van der Waals surface area contributed by atoms with E-state index in [2.05, 4.69) is 10.2 Å². The molecule has 5 heteroatoms. The summed E-state index contributed by atoms with van der Waals surface area (Å²) in [7, 11) is 0. The fourth-order valence-electron chi connectivity index (χ4n) is 1.99. The molecule has 4 nitrogen and oxygen atoms in total. The quantitative estimate of drug-likeness (QED) is 0.707. The second-order valence-corrected chi connectivity index (χ2v) is 5.50. The highest BCUT2D eigenvalue weighted by Crippen LogP contribution is 2.26. The van der Waals surface area contributed by atoms with Crippen molar-refractivity contribution in [2.24, 2.45) is 0 Å². The first kappa shape index (κ1) is 14.6. The highest BCUT2D eigenvalue weighted by Gasteiger charge is 2.10. The SMILES string of the molecule is Cc1ccc(-c2nnc(COc3cc(C)ccc3Cl)o2)cc1. The third kappa shape index (κ3) is 3.28. The molecule has 2 aromatic carbocycles. The average molecular weight is 315 g/mol. The summed E-state index contributed by atoms with van der Waals surface area (Å²) in [5.41, 5.74) is 3.14. The van der Waals surface area contributed by atoms with E-state index in [0.717, 1.165) is 11.1 Å². The minimum atomic E-state index is 0.183. The van der Waals surface area contributed by atoms with E-state index in [1.165, 1.54) is 5.56 Å². The molecular weight excluding hydrogens is 300 g/mol. The highest BCUT2D eigenvalue weighted by molar-refractivity contribution is 6.32. The van der Waals surface area contributed by atoms with Gasteiger partial charge in [-0.3, -0.25) is 0 Å². The summed E-state index contributed by atoms with van der Waals surface area (Å²) in [5.74, 6) is 1.50. The van der Waals surface area contributed by atoms with Gasteiger partial charge in [-0.25, -0.2) is 0 Å². The van der Waals surface area contributed by atoms with Crippen LogP contribution in [0.3, 0.4) is 0 Å². The fourth-order valence-corrected chi connectivity index (χ4v) is 2.16. The number of aromatic nitrogens is 2. The molecule has 0 N–H and O–H groups in total. The van der Waals surface area contributed by atoms with E-state index >= 15 is 0 Å². The van der Waals surface area contributed by atoms with Crippen molar-refractivity contribution in [2.45, 2.75) is 20.5 Å². The van der Waals surface area contributed by atoms with Crippen molar-refractivity contribution in [3.8, 4) is 17.2 Å². The van der Waals surface area contributed by atoms with Crippen LogP contribution in [0.1, 0.15) is 17.0 Å². The van der Waals surface area contributed by atoms with Crippen LogP contribution in [-0.4, -0.2) is 10.2 Å². The molecule has 0 radical (unpaired) electrons. The first-order chi connectivity index (χ1) is 10.6. The third-order valence-electron chi connectivity index (χ3n) is 3.20. The van der Waals surface area contributed by atoms with Gasteiger partial charge in [0.2, 0.25) is 5.89 Å². The van der Waals surface area contributed by atoms with E-state index in [0.29, 0.717) is 22.6 Å². The molecule has 1 aromatic heterocycles. The molecule has 0 aliphatic rings. The monoisotopic (exact) mass is 314 g/mol. The van der Waals surface area contributed by atoms with Gasteiger partial charge in [-0.05, 0) is 43.7 Å². The average Bonchev–Trinajstić information content (AvgIpc) is 2.98. The molecule has 0 unspecified atom stereocenters. The molecule has 3 rings (SSSR count). The first-order valence-electron chi connectivity index (χ1n) is 6.90. The van der Waals surface area contributed by atoms with E-state index < -0.39 is 0 Å². The molecule has 3 aromatic rings. The van der Waals surface area contributed by atoms with Crippen LogP contribution in [0.5, 0.6) is 5.75 Å². The van der Waals surface area contributed by atoms with E-state index in [4.69, 9.17) is 20.8 Å². The van der Waals surface area contributed by atoms with Gasteiger partial charge in [-0.1, -0.05) is 35.4 Å². The molecule has 0 bridgehead atoms. The van der Waals surface area contributed by atoms with Crippen LogP contribution < -0.4 is 4.74 Å². The van der Waals surface area contributed by atoms with Crippen molar-refractivity contribution in [1.29, 1.82) is 0 Å². The largest absolute Gasteiger partial charge is 0.482 e. The molecule has 0 amide bonds. The van der Waals surface area contributed by atoms with Crippen molar-refractivity contribution in [3.05, 3.63) is 64.5 Å². The summed E-state index contributed by atoms with van der Waals surface area (Å²) in [6, 6.07) is 13.5. The predicted octanol–water partition coefficient (Wildman–Crippen LogP) is 4.59. The zero-order chi connectivity index (χ0) is 15.5. The number of nitrogens with zero attached hydrogens (tertiary/aromatic N) is 2. The minimum Gasteiger partial charge on any atom is -0.482 e. The van der Waals surface area contributed by atoms with Crippen molar-refractivity contribution in [3.63, 3.8) is 0 Å². The Kier molecular flexibility index (Phi) is 4.11. The van der Waals surface area contributed by atoms with Crippen molar-refractivity contribution < 1.29 is 9.15 Å². The Bertz CT molecular complexity index is 782. The molecule has 0 atom stereocenters. The summed E-state index contributed by atoms with van der Waals surface area (Å²) in [5, 5.41) is 8.60. The smallest absolute Gasteiger partial charge is 0.254 e. The lowest BCUT2D eigenvalue weighted by molar-refractivity contribution is 0.264. The molecule has 22 heavy (non-hydrogen) atoms. The summed E-state index contributed by atoms with van der Waals surface area (Å²) in [6.07, 6.45) is 0. The fraction of sp³-hybridized carbons (Fsp3) is 0.176. The van der Waals surface area contributed by atoms with Gasteiger partial charge in [0.25, 0.3) is 5.89 Å². The van der Waals surface area contributed by atoms with Gasteiger partial charge < -0.3 is 9.15 Å². The molecule has 0 fully saturated rings. The Morgan fingerprint density at radius 2 is 1.73 bits per heavy atom. The van der Waals surface area contributed by atoms with E-state index in [1.54, 1.807) is 6.07 Å². The van der Waals surface area contributed by atoms with Crippen LogP contribution in [0, 0.1) is 13.8 Å². The zero-order valence-electron chi connectivity index (χ0n) is 12.3. The van der Waals surface area contributed by atoms with Gasteiger partial charge in [0.1, 0.15) is 5.75 Å². The number of benzene rings is 2. The summed E-state index contributed by atoms with van der Waals surface area (Å²) >= 11 is 6.09. The van der Waals surface area contributed by atoms with Gasteiger partial charge in [-0.2, -0.15) is 0 Å². The van der Waals surface area contributed by atoms with Gasteiger partial charge in [0.05, 0.1) is 5.02 Å². The number of ether oxygens (including phenoxy) is 1. The summed E-state index contributed by atoms with van der Waals surface area (Å²) in [6.45, 7) is 4.19. The Morgan fingerprint density at radius 1 is 1.00 bits per heavy atom. The topological polar surface area (TPSA) is 48.2 Å². The number of hydrogen-bond acceptors (Lipinski definition) is 4. The summed E-state index contributed by atoms with van der Waals surface area (Å²) in [4.78, 5) is 0. The van der Waals surface area contributed by atoms with Crippen molar-refractivity contribution >= 4 is 11.6 Å². The van der Waals surface area contributed by atoms with Gasteiger partial charge >= 0.3 is 0 Å². The number of rotatable bonds is 4. The maximum atomic E-state index is 6.09. The lowest BCUT2D eigenvalue weighted by Crippen LogP contribution is -1.96. The maximum Gasteiger partial charge on any atom is 0.254 e. The molecular formula is C17H15ClN2O2. The second kappa shape index (κ2) is 6.20. The van der Waals surface area contributed by atoms with Gasteiger partial charge in [0, 0.05) is 5.56 Å². The van der Waals surface area contributed by atoms with E-state index in [-0.39, 0.29) is 6.61 Å². The molecule has 0 aliphatic heterocycles. The van der Waals surface area contributed by atoms with E-state index in [1.807, 2.05) is 50.2 Å². The minimum absolute atomic E-state index is 0.183. The van der Waals surface area contributed by atoms with Crippen LogP contribution in [-0.2, 0) is 6.61 Å². The predicted molar refractivity (Wildman–Crippen MR) is 85.0 cm³/mol. The third-order valence-corrected chi connectivity index (χ3v) is 3.52. The Hall–Kier alpha value is -2.33. The Morgan fingerprint density at radius 3 is 2.50 bits per heavy atom. The molecule has 0 saturated carbocycles. The van der Waals surface area contributed by atoms with Crippen LogP contribution >= 0.6 is 11.6 Å². The maximum absolute atomic E-state index is 6.09. The first-order valence-corrected chi connectivity index (χ1v) is 7.28. The van der Waals surface area contributed by atoms with Crippen LogP contribution in [0.25, 0.3) is 11.5 Å². The van der Waals surface area contributed by atoms with Crippen LogP contribution in [0.15, 0.2) is 46.9 Å². The highest BCUT2D eigenvalue weighted by atomic mass is 35.5. The van der Waals surface area contributed by atoms with Crippen LogP contribution in [0.4, 0.5) is 0 Å². The molecule has 112 valence electrons.